The summed E-state index contributed by atoms with van der Waals surface area (Å²) in [7, 11) is 2.81. The molecule has 1 aliphatic carbocycles. The summed E-state index contributed by atoms with van der Waals surface area (Å²) in [5.74, 6) is -5.62. The average molecular weight is 925 g/mol. The van der Waals surface area contributed by atoms with Gasteiger partial charge in [0.05, 0.1) is 42.4 Å². The van der Waals surface area contributed by atoms with E-state index in [0.717, 1.165) is 107 Å². The first-order chi connectivity index (χ1) is 32.3. The molecule has 0 bridgehead atoms. The Labute approximate surface area is 387 Å². The molecule has 356 valence electrons. The van der Waals surface area contributed by atoms with Crippen molar-refractivity contribution in [3.8, 4) is 5.75 Å². The van der Waals surface area contributed by atoms with Gasteiger partial charge in [0, 0.05) is 44.7 Å². The second-order valence-corrected chi connectivity index (χ2v) is 18.8. The van der Waals surface area contributed by atoms with Crippen LogP contribution in [-0.4, -0.2) is 133 Å². The van der Waals surface area contributed by atoms with E-state index in [1.807, 2.05) is 6.07 Å². The summed E-state index contributed by atoms with van der Waals surface area (Å²) >= 11 is 0. The molecule has 6 aliphatic rings. The van der Waals surface area contributed by atoms with E-state index in [4.69, 9.17) is 4.74 Å². The van der Waals surface area contributed by atoms with Crippen molar-refractivity contribution in [3.05, 3.63) is 59.3 Å². The van der Waals surface area contributed by atoms with Crippen molar-refractivity contribution in [1.29, 1.82) is 0 Å². The SMILES string of the molecule is COc1cc(C(=O)NCC2CCN(CCC3CCCN(c4cccc5c4C(=O)N(C4CCC(=O)NC4=O)C5=O)C3)CC2)ccc1Nc1ncc2c(n1)N(C1CCCCC1)CC(F)(F)C(=O)N2C. The number of alkyl halides is 2. The number of carbonyl (C=O) groups is 6. The summed E-state index contributed by atoms with van der Waals surface area (Å²) in [6.45, 7) is 4.07. The number of ether oxygens (including phenoxy) is 1. The van der Waals surface area contributed by atoms with Gasteiger partial charge in [0.25, 0.3) is 23.6 Å². The molecule has 3 N–H and O–H groups in total. The highest BCUT2D eigenvalue weighted by atomic mass is 19.3. The first kappa shape index (κ1) is 45.9. The fourth-order valence-electron chi connectivity index (χ4n) is 10.7. The lowest BCUT2D eigenvalue weighted by atomic mass is 9.92. The van der Waals surface area contributed by atoms with Gasteiger partial charge in [-0.15, -0.1) is 0 Å². The minimum atomic E-state index is -3.59. The van der Waals surface area contributed by atoms with Gasteiger partial charge >= 0.3 is 5.92 Å². The van der Waals surface area contributed by atoms with E-state index in [-0.39, 0.29) is 42.2 Å². The van der Waals surface area contributed by atoms with Gasteiger partial charge in [-0.2, -0.15) is 13.8 Å². The van der Waals surface area contributed by atoms with Crippen molar-refractivity contribution >= 4 is 64.3 Å². The van der Waals surface area contributed by atoms with Crippen molar-refractivity contribution < 1.29 is 42.3 Å². The van der Waals surface area contributed by atoms with Gasteiger partial charge < -0.3 is 35.0 Å². The van der Waals surface area contributed by atoms with Crippen LogP contribution in [0.2, 0.25) is 0 Å². The van der Waals surface area contributed by atoms with Crippen molar-refractivity contribution in [2.24, 2.45) is 11.8 Å². The maximum Gasteiger partial charge on any atom is 0.342 e. The van der Waals surface area contributed by atoms with Crippen LogP contribution in [0.15, 0.2) is 42.6 Å². The topological polar surface area (TPSA) is 190 Å². The number of fused-ring (bicyclic) bond motifs is 2. The minimum absolute atomic E-state index is 0.0725. The highest BCUT2D eigenvalue weighted by molar-refractivity contribution is 6.25. The van der Waals surface area contributed by atoms with Crippen LogP contribution >= 0.6 is 0 Å². The van der Waals surface area contributed by atoms with E-state index in [9.17, 15) is 28.8 Å². The number of aromatic nitrogens is 2. The molecule has 2 aromatic carbocycles. The first-order valence-electron chi connectivity index (χ1n) is 23.6. The number of nitrogens with one attached hydrogen (secondary N) is 3. The van der Waals surface area contributed by atoms with Crippen LogP contribution in [-0.2, 0) is 14.4 Å². The van der Waals surface area contributed by atoms with E-state index in [1.54, 1.807) is 35.2 Å². The molecule has 19 heteroatoms. The summed E-state index contributed by atoms with van der Waals surface area (Å²) in [6, 6.07) is 9.13. The molecule has 9 rings (SSSR count). The predicted octanol–water partition coefficient (Wildman–Crippen LogP) is 5.13. The second kappa shape index (κ2) is 19.2. The number of amides is 6. The van der Waals surface area contributed by atoms with Gasteiger partial charge in [-0.25, -0.2) is 4.98 Å². The smallest absolute Gasteiger partial charge is 0.342 e. The Morgan fingerprint density at radius 3 is 2.46 bits per heavy atom. The normalized spacial score (nSPS) is 22.9. The molecule has 0 spiro atoms. The van der Waals surface area contributed by atoms with Crippen molar-refractivity contribution in [3.63, 3.8) is 0 Å². The molecule has 6 amide bonds. The molecule has 2 unspecified atom stereocenters. The molecule has 6 heterocycles. The van der Waals surface area contributed by atoms with Crippen LogP contribution in [0.3, 0.4) is 0 Å². The first-order valence-corrected chi connectivity index (χ1v) is 23.6. The van der Waals surface area contributed by atoms with Crippen molar-refractivity contribution in [1.82, 2.24) is 30.4 Å². The van der Waals surface area contributed by atoms with Gasteiger partial charge in [-0.05, 0) is 113 Å². The number of piperidine rings is 3. The lowest BCUT2D eigenvalue weighted by molar-refractivity contribution is -0.140. The number of hydrogen-bond donors (Lipinski definition) is 3. The number of anilines is 5. The fraction of sp³-hybridized carbons (Fsp3) is 0.542. The summed E-state index contributed by atoms with van der Waals surface area (Å²) < 4.78 is 36.0. The Balaban J connectivity index is 0.756. The largest absolute Gasteiger partial charge is 0.495 e. The van der Waals surface area contributed by atoms with E-state index in [0.29, 0.717) is 52.2 Å². The molecule has 3 saturated heterocycles. The Kier molecular flexibility index (Phi) is 13.1. The molecule has 17 nitrogen and oxygen atoms in total. The van der Waals surface area contributed by atoms with Crippen LogP contribution < -0.4 is 35.4 Å². The van der Waals surface area contributed by atoms with Crippen LogP contribution in [0, 0.1) is 11.8 Å². The van der Waals surface area contributed by atoms with E-state index < -0.39 is 48.0 Å². The molecule has 5 aliphatic heterocycles. The second-order valence-electron chi connectivity index (χ2n) is 18.8. The maximum atomic E-state index is 15.2. The number of rotatable bonds is 12. The third-order valence-corrected chi connectivity index (χ3v) is 14.5. The molecular formula is C48H58F2N10O7. The molecule has 1 aromatic heterocycles. The van der Waals surface area contributed by atoms with Gasteiger partial charge in [-0.1, -0.05) is 25.3 Å². The average Bonchev–Trinajstić information content (AvgIpc) is 3.56. The highest BCUT2D eigenvalue weighted by Crippen LogP contribution is 2.41. The Bertz CT molecular complexity index is 2440. The van der Waals surface area contributed by atoms with Gasteiger partial charge in [0.1, 0.15) is 17.5 Å². The van der Waals surface area contributed by atoms with Crippen molar-refractivity contribution in [2.75, 3.05) is 80.0 Å². The zero-order valence-corrected chi connectivity index (χ0v) is 38.0. The van der Waals surface area contributed by atoms with Crippen LogP contribution in [0.5, 0.6) is 5.75 Å². The number of benzene rings is 2. The number of carbonyl (C=O) groups excluding carboxylic acids is 6. The van der Waals surface area contributed by atoms with E-state index in [1.165, 1.54) is 20.4 Å². The van der Waals surface area contributed by atoms with Crippen LogP contribution in [0.1, 0.15) is 108 Å². The quantitative estimate of drug-likeness (QED) is 0.203. The number of methoxy groups -OCH3 is 1. The van der Waals surface area contributed by atoms with Gasteiger partial charge in [0.15, 0.2) is 5.82 Å². The Hall–Kier alpha value is -6.24. The summed E-state index contributed by atoms with van der Waals surface area (Å²) in [4.78, 5) is 95.0. The number of halogens is 2. The zero-order valence-electron chi connectivity index (χ0n) is 38.0. The number of likely N-dealkylation sites (tertiary alicyclic amines) is 1. The Morgan fingerprint density at radius 1 is 0.910 bits per heavy atom. The summed E-state index contributed by atoms with van der Waals surface area (Å²) in [6.07, 6.45) is 10.8. The highest BCUT2D eigenvalue weighted by Gasteiger charge is 2.49. The molecule has 2 atom stereocenters. The minimum Gasteiger partial charge on any atom is -0.495 e. The lowest BCUT2D eigenvalue weighted by Crippen LogP contribution is -2.54. The zero-order chi connectivity index (χ0) is 47.0. The molecule has 4 fully saturated rings. The lowest BCUT2D eigenvalue weighted by Gasteiger charge is -2.37. The number of nitrogens with zero attached hydrogens (tertiary/aromatic N) is 7. The fourth-order valence-corrected chi connectivity index (χ4v) is 10.7. The van der Waals surface area contributed by atoms with E-state index in [2.05, 4.69) is 35.7 Å². The predicted molar refractivity (Wildman–Crippen MR) is 245 cm³/mol. The van der Waals surface area contributed by atoms with Gasteiger partial charge in [-0.3, -0.25) is 39.0 Å². The Morgan fingerprint density at radius 2 is 1.70 bits per heavy atom. The van der Waals surface area contributed by atoms with Crippen LogP contribution in [0.4, 0.5) is 37.6 Å². The molecular weight excluding hydrogens is 867 g/mol. The van der Waals surface area contributed by atoms with E-state index >= 15 is 8.78 Å². The van der Waals surface area contributed by atoms with Crippen molar-refractivity contribution in [2.45, 2.75) is 95.1 Å². The maximum absolute atomic E-state index is 15.2. The summed E-state index contributed by atoms with van der Waals surface area (Å²) in [5.41, 5.74) is 2.46. The van der Waals surface area contributed by atoms with Gasteiger partial charge in [0.2, 0.25) is 17.8 Å². The number of hydrogen-bond acceptors (Lipinski definition) is 13. The number of imide groups is 2. The molecule has 3 aromatic rings. The van der Waals surface area contributed by atoms with Crippen LogP contribution in [0.25, 0.3) is 0 Å². The third-order valence-electron chi connectivity index (χ3n) is 14.5. The molecule has 67 heavy (non-hydrogen) atoms. The third kappa shape index (κ3) is 9.38. The molecule has 1 saturated carbocycles. The summed E-state index contributed by atoms with van der Waals surface area (Å²) in [5, 5.41) is 8.50. The standard InChI is InChI=1S/C48H58F2N10O7/c1-56-37-26-52-47(55-41(37)59(28-48(49,50)46(56)66)32-9-4-3-5-10-32)53-34-14-13-31(24-38(34)67-2)42(62)51-25-29-17-21-57(22-18-29)23-19-30-8-7-20-58(27-30)35-12-6-11-33-40(35)45(65)60(44(33)64)36-15-16-39(61)54-43(36)63/h6,11-14,24,26,29-30,32,36H,3-5,7-10,15-23,25,27-28H2,1-2H3,(H,51,62)(H,52,53,55)(H,54,61,63). The molecule has 0 radical (unpaired) electrons. The monoisotopic (exact) mass is 924 g/mol.